The molecular weight excluding hydrogens is 449 g/mol. The number of nitrogens with zero attached hydrogens (tertiary/aromatic N) is 2. The Balaban J connectivity index is 0.00000144. The Bertz CT molecular complexity index is 737. The number of rotatable bonds is 8. The van der Waals surface area contributed by atoms with E-state index in [2.05, 4.69) is 27.2 Å². The van der Waals surface area contributed by atoms with Gasteiger partial charge in [-0.25, -0.2) is 0 Å². The van der Waals surface area contributed by atoms with Crippen molar-refractivity contribution in [2.24, 2.45) is 11.8 Å². The molecule has 0 amide bonds. The van der Waals surface area contributed by atoms with E-state index in [4.69, 9.17) is 9.47 Å². The molecule has 1 spiro atoms. The van der Waals surface area contributed by atoms with Gasteiger partial charge in [-0.2, -0.15) is 0 Å². The van der Waals surface area contributed by atoms with Crippen LogP contribution in [-0.2, 0) is 6.54 Å². The van der Waals surface area contributed by atoms with Gasteiger partial charge in [0.2, 0.25) is 0 Å². The van der Waals surface area contributed by atoms with Crippen LogP contribution in [0.4, 0.5) is 0 Å². The highest BCUT2D eigenvalue weighted by Crippen LogP contribution is 2.39. The molecule has 0 aromatic heterocycles. The second-order valence-electron chi connectivity index (χ2n) is 10.0. The van der Waals surface area contributed by atoms with Gasteiger partial charge in [-0.3, -0.25) is 4.90 Å². The molecule has 4 aliphatic rings. The lowest BCUT2D eigenvalue weighted by atomic mass is 10.0. The van der Waals surface area contributed by atoms with E-state index in [1.165, 1.54) is 37.7 Å². The third-order valence-electron chi connectivity index (χ3n) is 7.64. The number of aliphatic hydroxyl groups excluding tert-OH is 1. The molecule has 2 aliphatic carbocycles. The molecule has 1 unspecified atom stereocenters. The molecule has 1 aromatic rings. The summed E-state index contributed by atoms with van der Waals surface area (Å²) >= 11 is 0. The zero-order valence-corrected chi connectivity index (χ0v) is 20.8. The van der Waals surface area contributed by atoms with Crippen LogP contribution in [-0.4, -0.2) is 79.5 Å². The number of aliphatic hydroxyl groups is 1. The Morgan fingerprint density at radius 2 is 1.88 bits per heavy atom. The summed E-state index contributed by atoms with van der Waals surface area (Å²) in [5, 5.41) is 14.2. The number of likely N-dealkylation sites (tertiary alicyclic amines) is 1. The topological polar surface area (TPSA) is 57.2 Å². The van der Waals surface area contributed by atoms with Crippen molar-refractivity contribution >= 4 is 24.8 Å². The minimum Gasteiger partial charge on any atom is -0.493 e. The van der Waals surface area contributed by atoms with Crippen molar-refractivity contribution in [1.82, 2.24) is 15.1 Å². The molecule has 5 rings (SSSR count). The van der Waals surface area contributed by atoms with Crippen LogP contribution in [0.2, 0.25) is 0 Å². The van der Waals surface area contributed by atoms with E-state index in [9.17, 15) is 5.11 Å². The van der Waals surface area contributed by atoms with Crippen LogP contribution < -0.4 is 14.8 Å². The highest BCUT2D eigenvalue weighted by molar-refractivity contribution is 5.85. The number of halogens is 2. The Morgan fingerprint density at radius 3 is 2.56 bits per heavy atom. The van der Waals surface area contributed by atoms with Gasteiger partial charge in [-0.1, -0.05) is 12.5 Å². The Kier molecular flexibility index (Phi) is 8.98. The summed E-state index contributed by atoms with van der Waals surface area (Å²) in [6.07, 6.45) is 6.27. The molecule has 2 aliphatic heterocycles. The zero-order valence-electron chi connectivity index (χ0n) is 19.1. The van der Waals surface area contributed by atoms with E-state index in [1.54, 1.807) is 7.11 Å². The van der Waals surface area contributed by atoms with E-state index >= 15 is 0 Å². The minimum absolute atomic E-state index is 0. The second kappa shape index (κ2) is 11.1. The Hall–Kier alpha value is -0.760. The minimum atomic E-state index is -0.469. The smallest absolute Gasteiger partial charge is 0.161 e. The van der Waals surface area contributed by atoms with E-state index in [-0.39, 0.29) is 24.8 Å². The van der Waals surface area contributed by atoms with E-state index in [0.717, 1.165) is 62.6 Å². The van der Waals surface area contributed by atoms with Crippen LogP contribution in [0, 0.1) is 11.8 Å². The Morgan fingerprint density at radius 1 is 1.12 bits per heavy atom. The maximum Gasteiger partial charge on any atom is 0.161 e. The first-order chi connectivity index (χ1) is 14.6. The van der Waals surface area contributed by atoms with Crippen LogP contribution in [0.5, 0.6) is 11.5 Å². The van der Waals surface area contributed by atoms with E-state index < -0.39 is 6.10 Å². The van der Waals surface area contributed by atoms with Gasteiger partial charge in [0, 0.05) is 51.4 Å². The number of hydrogen-bond donors (Lipinski definition) is 2. The molecule has 6 nitrogen and oxygen atoms in total. The van der Waals surface area contributed by atoms with Crippen molar-refractivity contribution in [2.75, 3.05) is 53.0 Å². The van der Waals surface area contributed by atoms with Crippen molar-refractivity contribution in [3.05, 3.63) is 23.8 Å². The van der Waals surface area contributed by atoms with Crippen LogP contribution in [0.15, 0.2) is 18.2 Å². The van der Waals surface area contributed by atoms with Crippen LogP contribution in [0.1, 0.15) is 37.7 Å². The standard InChI is InChI=1S/C24H37N3O3.2ClH/c1-29-23-11-18(12-26-10-9-25-24(17-26)7-8-24)5-6-22(23)30-16-21(28)15-27-13-19-3-2-4-20(19)14-27;;/h5-6,11,19-21,25,28H,2-4,7-10,12-17H2,1H3;2*1H/t19-,20+,21?;;. The van der Waals surface area contributed by atoms with E-state index in [1.807, 2.05) is 6.07 Å². The van der Waals surface area contributed by atoms with Crippen molar-refractivity contribution in [1.29, 1.82) is 0 Å². The van der Waals surface area contributed by atoms with Crippen LogP contribution in [0.3, 0.4) is 0 Å². The SMILES string of the molecule is COc1cc(CN2CCNC3(CC3)C2)ccc1OCC(O)CN1C[C@H]2CCC[C@H]2C1.Cl.Cl. The molecule has 0 bridgehead atoms. The van der Waals surface area contributed by atoms with E-state index in [0.29, 0.717) is 18.7 Å². The normalized spacial score (nSPS) is 27.3. The predicted octanol–water partition coefficient (Wildman–Crippen LogP) is 2.95. The lowest BCUT2D eigenvalue weighted by molar-refractivity contribution is 0.0723. The van der Waals surface area contributed by atoms with Gasteiger partial charge >= 0.3 is 0 Å². The molecule has 2 saturated heterocycles. The number of benzene rings is 1. The van der Waals surface area contributed by atoms with Gasteiger partial charge in [0.15, 0.2) is 11.5 Å². The molecule has 2 N–H and O–H groups in total. The van der Waals surface area contributed by atoms with Gasteiger partial charge in [0.25, 0.3) is 0 Å². The second-order valence-corrected chi connectivity index (χ2v) is 10.0. The number of hydrogen-bond acceptors (Lipinski definition) is 6. The largest absolute Gasteiger partial charge is 0.493 e. The quantitative estimate of drug-likeness (QED) is 0.587. The van der Waals surface area contributed by atoms with Crippen molar-refractivity contribution in [3.63, 3.8) is 0 Å². The molecular formula is C24H39Cl2N3O3. The average molecular weight is 489 g/mol. The van der Waals surface area contributed by atoms with Crippen molar-refractivity contribution in [2.45, 2.75) is 50.3 Å². The number of ether oxygens (including phenoxy) is 2. The highest BCUT2D eigenvalue weighted by Gasteiger charge is 2.45. The van der Waals surface area contributed by atoms with Gasteiger partial charge < -0.3 is 24.8 Å². The number of β-amino-alcohol motifs (C(OH)–C–C–N with tert-alkyl or cyclic N) is 1. The molecule has 2 saturated carbocycles. The first-order valence-corrected chi connectivity index (χ1v) is 11.8. The first-order valence-electron chi connectivity index (χ1n) is 11.8. The third-order valence-corrected chi connectivity index (χ3v) is 7.64. The fourth-order valence-corrected chi connectivity index (χ4v) is 5.87. The molecule has 32 heavy (non-hydrogen) atoms. The summed E-state index contributed by atoms with van der Waals surface area (Å²) in [6.45, 7) is 7.56. The molecule has 1 aromatic carbocycles. The van der Waals surface area contributed by atoms with Crippen molar-refractivity contribution < 1.29 is 14.6 Å². The maximum absolute atomic E-state index is 10.5. The Labute approximate surface area is 204 Å². The predicted molar refractivity (Wildman–Crippen MR) is 132 cm³/mol. The summed E-state index contributed by atoms with van der Waals surface area (Å²) < 4.78 is 11.6. The van der Waals surface area contributed by atoms with Gasteiger partial charge in [-0.15, -0.1) is 24.8 Å². The van der Waals surface area contributed by atoms with Gasteiger partial charge in [0.1, 0.15) is 12.7 Å². The summed E-state index contributed by atoms with van der Waals surface area (Å²) in [5.74, 6) is 3.19. The van der Waals surface area contributed by atoms with Crippen molar-refractivity contribution in [3.8, 4) is 11.5 Å². The third kappa shape index (κ3) is 6.02. The van der Waals surface area contributed by atoms with Gasteiger partial charge in [0.05, 0.1) is 7.11 Å². The molecule has 8 heteroatoms. The molecule has 2 heterocycles. The average Bonchev–Trinajstić information content (AvgIpc) is 3.14. The fraction of sp³-hybridized carbons (Fsp3) is 0.750. The summed E-state index contributed by atoms with van der Waals surface area (Å²) in [7, 11) is 1.69. The number of fused-ring (bicyclic) bond motifs is 1. The maximum atomic E-state index is 10.5. The van der Waals surface area contributed by atoms with Crippen LogP contribution in [0.25, 0.3) is 0 Å². The summed E-state index contributed by atoms with van der Waals surface area (Å²) in [6, 6.07) is 6.22. The lowest BCUT2D eigenvalue weighted by Crippen LogP contribution is -2.51. The molecule has 4 fully saturated rings. The highest BCUT2D eigenvalue weighted by atomic mass is 35.5. The summed E-state index contributed by atoms with van der Waals surface area (Å²) in [4.78, 5) is 4.96. The molecule has 3 atom stereocenters. The molecule has 0 radical (unpaired) electrons. The lowest BCUT2D eigenvalue weighted by Gasteiger charge is -2.34. The molecule has 182 valence electrons. The first kappa shape index (κ1) is 25.9. The van der Waals surface area contributed by atoms with Crippen LogP contribution >= 0.6 is 24.8 Å². The fourth-order valence-electron chi connectivity index (χ4n) is 5.87. The van der Waals surface area contributed by atoms with Gasteiger partial charge in [-0.05, 0) is 55.2 Å². The summed E-state index contributed by atoms with van der Waals surface area (Å²) in [5.41, 5.74) is 1.65. The number of nitrogens with one attached hydrogen (secondary N) is 1. The zero-order chi connectivity index (χ0) is 20.6. The monoisotopic (exact) mass is 487 g/mol. The number of piperazine rings is 1. The number of methoxy groups -OCH3 is 1.